The van der Waals surface area contributed by atoms with Gasteiger partial charge in [0.05, 0.1) is 6.10 Å². The number of carbonyl (C=O) groups is 1. The summed E-state index contributed by atoms with van der Waals surface area (Å²) in [6.45, 7) is 2.09. The molecule has 6 nitrogen and oxygen atoms in total. The van der Waals surface area contributed by atoms with Gasteiger partial charge >= 0.3 is 0 Å². The number of aromatic nitrogens is 2. The Morgan fingerprint density at radius 1 is 1.20 bits per heavy atom. The molecule has 0 aliphatic rings. The van der Waals surface area contributed by atoms with E-state index in [0.29, 0.717) is 35.8 Å². The van der Waals surface area contributed by atoms with Crippen LogP contribution in [0.5, 0.6) is 0 Å². The molecule has 1 amide bonds. The number of amides is 1. The number of aliphatic hydroxyl groups is 1. The molecule has 2 aromatic carbocycles. The van der Waals surface area contributed by atoms with Crippen molar-refractivity contribution in [2.45, 2.75) is 19.4 Å². The lowest BCUT2D eigenvalue weighted by molar-refractivity contribution is 0.0942. The van der Waals surface area contributed by atoms with Crippen LogP contribution in [0.2, 0.25) is 0 Å². The van der Waals surface area contributed by atoms with Gasteiger partial charge in [0.2, 0.25) is 11.7 Å². The number of hydrogen-bond donors (Lipinski definition) is 2. The van der Waals surface area contributed by atoms with Crippen LogP contribution in [0, 0.1) is 6.92 Å². The first-order valence-corrected chi connectivity index (χ1v) is 8.05. The van der Waals surface area contributed by atoms with Crippen molar-refractivity contribution in [3.8, 4) is 11.4 Å². The smallest absolute Gasteiger partial charge is 0.251 e. The topological polar surface area (TPSA) is 88.2 Å². The zero-order valence-electron chi connectivity index (χ0n) is 13.8. The molecule has 1 heterocycles. The second kappa shape index (κ2) is 7.72. The second-order valence-corrected chi connectivity index (χ2v) is 5.69. The Balaban J connectivity index is 1.58. The van der Waals surface area contributed by atoms with Gasteiger partial charge < -0.3 is 14.9 Å². The molecule has 2 N–H and O–H groups in total. The third-order valence-electron chi connectivity index (χ3n) is 3.80. The van der Waals surface area contributed by atoms with Gasteiger partial charge in [-0.15, -0.1) is 0 Å². The summed E-state index contributed by atoms with van der Waals surface area (Å²) in [5.74, 6) is 0.716. The van der Waals surface area contributed by atoms with Gasteiger partial charge in [0.1, 0.15) is 0 Å². The highest BCUT2D eigenvalue weighted by Gasteiger charge is 2.11. The number of benzene rings is 2. The highest BCUT2D eigenvalue weighted by atomic mass is 16.5. The van der Waals surface area contributed by atoms with Gasteiger partial charge in [-0.05, 0) is 24.1 Å². The summed E-state index contributed by atoms with van der Waals surface area (Å²) in [6, 6.07) is 16.4. The van der Waals surface area contributed by atoms with Gasteiger partial charge in [0.25, 0.3) is 5.91 Å². The molecule has 3 aromatic rings. The molecular weight excluding hydrogens is 318 g/mol. The average Bonchev–Trinajstić information content (AvgIpc) is 3.09. The number of aliphatic hydroxyl groups excluding tert-OH is 1. The second-order valence-electron chi connectivity index (χ2n) is 5.69. The first kappa shape index (κ1) is 16.9. The number of nitrogens with zero attached hydrogens (tertiary/aromatic N) is 2. The molecule has 0 fully saturated rings. The van der Waals surface area contributed by atoms with Crippen LogP contribution in [0.1, 0.15) is 34.3 Å². The predicted octanol–water partition coefficient (Wildman–Crippen LogP) is 2.90. The number of aryl methyl sites for hydroxylation is 1. The first-order valence-electron chi connectivity index (χ1n) is 8.05. The highest BCUT2D eigenvalue weighted by Crippen LogP contribution is 2.18. The maximum Gasteiger partial charge on any atom is 0.251 e. The molecule has 0 bridgehead atoms. The molecule has 0 aliphatic carbocycles. The average molecular weight is 337 g/mol. The molecule has 0 saturated carbocycles. The number of nitrogens with one attached hydrogen (secondary N) is 1. The minimum atomic E-state index is -0.602. The maximum absolute atomic E-state index is 12.3. The molecule has 0 spiro atoms. The Bertz CT molecular complexity index is 846. The number of carbonyl (C=O) groups excluding carboxylic acids is 1. The summed E-state index contributed by atoms with van der Waals surface area (Å²) in [4.78, 5) is 16.5. The molecule has 0 radical (unpaired) electrons. The van der Waals surface area contributed by atoms with Crippen LogP contribution >= 0.6 is 0 Å². The zero-order valence-corrected chi connectivity index (χ0v) is 13.8. The van der Waals surface area contributed by atoms with E-state index in [4.69, 9.17) is 4.52 Å². The SMILES string of the molecule is Cc1nc(-c2cccc(C(=O)NCCC(O)c3ccccc3)c2)no1. The van der Waals surface area contributed by atoms with Crippen molar-refractivity contribution in [2.75, 3.05) is 6.54 Å². The molecule has 0 saturated heterocycles. The minimum Gasteiger partial charge on any atom is -0.388 e. The van der Waals surface area contributed by atoms with E-state index < -0.39 is 6.10 Å². The molecule has 0 aliphatic heterocycles. The van der Waals surface area contributed by atoms with E-state index in [0.717, 1.165) is 5.56 Å². The molecule has 128 valence electrons. The van der Waals surface area contributed by atoms with Crippen molar-refractivity contribution in [2.24, 2.45) is 0 Å². The van der Waals surface area contributed by atoms with Gasteiger partial charge in [-0.2, -0.15) is 4.98 Å². The van der Waals surface area contributed by atoms with E-state index in [1.165, 1.54) is 0 Å². The summed E-state index contributed by atoms with van der Waals surface area (Å²) in [6.07, 6.45) is -0.158. The van der Waals surface area contributed by atoms with E-state index >= 15 is 0 Å². The standard InChI is InChI=1S/C19H19N3O3/c1-13-21-18(22-25-13)15-8-5-9-16(12-15)19(24)20-11-10-17(23)14-6-3-2-4-7-14/h2-9,12,17,23H,10-11H2,1H3,(H,20,24). The lowest BCUT2D eigenvalue weighted by atomic mass is 10.1. The normalized spacial score (nSPS) is 11.9. The summed E-state index contributed by atoms with van der Waals surface area (Å²) in [7, 11) is 0. The van der Waals surface area contributed by atoms with Crippen LogP contribution < -0.4 is 5.32 Å². The Kier molecular flexibility index (Phi) is 5.20. The molecule has 1 unspecified atom stereocenters. The fourth-order valence-electron chi connectivity index (χ4n) is 2.48. The van der Waals surface area contributed by atoms with Crippen molar-refractivity contribution in [3.63, 3.8) is 0 Å². The Hall–Kier alpha value is -2.99. The van der Waals surface area contributed by atoms with Crippen LogP contribution in [0.15, 0.2) is 59.1 Å². The molecular formula is C19H19N3O3. The quantitative estimate of drug-likeness (QED) is 0.722. The van der Waals surface area contributed by atoms with Crippen LogP contribution in [-0.2, 0) is 0 Å². The number of rotatable bonds is 6. The van der Waals surface area contributed by atoms with Crippen molar-refractivity contribution < 1.29 is 14.4 Å². The van der Waals surface area contributed by atoms with E-state index in [1.54, 1.807) is 25.1 Å². The fraction of sp³-hybridized carbons (Fsp3) is 0.211. The third-order valence-corrected chi connectivity index (χ3v) is 3.80. The molecule has 6 heteroatoms. The van der Waals surface area contributed by atoms with Crippen LogP contribution in [-0.4, -0.2) is 27.7 Å². The Morgan fingerprint density at radius 2 is 2.00 bits per heavy atom. The van der Waals surface area contributed by atoms with Gasteiger partial charge in [-0.1, -0.05) is 47.6 Å². The van der Waals surface area contributed by atoms with E-state index in [9.17, 15) is 9.90 Å². The first-order chi connectivity index (χ1) is 12.1. The molecule has 25 heavy (non-hydrogen) atoms. The predicted molar refractivity (Wildman–Crippen MR) is 92.8 cm³/mol. The lowest BCUT2D eigenvalue weighted by Gasteiger charge is -2.11. The maximum atomic E-state index is 12.3. The summed E-state index contributed by atoms with van der Waals surface area (Å²) in [5, 5.41) is 16.8. The third kappa shape index (κ3) is 4.30. The molecule has 1 aromatic heterocycles. The fourth-order valence-corrected chi connectivity index (χ4v) is 2.48. The summed E-state index contributed by atoms with van der Waals surface area (Å²) >= 11 is 0. The van der Waals surface area contributed by atoms with Crippen LogP contribution in [0.3, 0.4) is 0 Å². The van der Waals surface area contributed by atoms with E-state index in [1.807, 2.05) is 36.4 Å². The van der Waals surface area contributed by atoms with Gasteiger partial charge in [0, 0.05) is 24.6 Å². The number of hydrogen-bond acceptors (Lipinski definition) is 5. The van der Waals surface area contributed by atoms with Gasteiger partial charge in [-0.25, -0.2) is 0 Å². The van der Waals surface area contributed by atoms with Crippen molar-refractivity contribution in [1.82, 2.24) is 15.5 Å². The Labute approximate surface area is 145 Å². The highest BCUT2D eigenvalue weighted by molar-refractivity contribution is 5.95. The summed E-state index contributed by atoms with van der Waals surface area (Å²) < 4.78 is 4.96. The Morgan fingerprint density at radius 3 is 2.72 bits per heavy atom. The van der Waals surface area contributed by atoms with Crippen LogP contribution in [0.4, 0.5) is 0 Å². The minimum absolute atomic E-state index is 0.206. The van der Waals surface area contributed by atoms with Crippen molar-refractivity contribution in [3.05, 3.63) is 71.6 Å². The lowest BCUT2D eigenvalue weighted by Crippen LogP contribution is -2.25. The van der Waals surface area contributed by atoms with Gasteiger partial charge in [0.15, 0.2) is 0 Å². The van der Waals surface area contributed by atoms with Crippen molar-refractivity contribution in [1.29, 1.82) is 0 Å². The van der Waals surface area contributed by atoms with E-state index in [-0.39, 0.29) is 5.91 Å². The van der Waals surface area contributed by atoms with Crippen molar-refractivity contribution >= 4 is 5.91 Å². The molecule has 3 rings (SSSR count). The molecule has 1 atom stereocenters. The monoisotopic (exact) mass is 337 g/mol. The van der Waals surface area contributed by atoms with Crippen LogP contribution in [0.25, 0.3) is 11.4 Å². The van der Waals surface area contributed by atoms with Gasteiger partial charge in [-0.3, -0.25) is 4.79 Å². The zero-order chi connectivity index (χ0) is 17.6. The largest absolute Gasteiger partial charge is 0.388 e. The summed E-state index contributed by atoms with van der Waals surface area (Å²) in [5.41, 5.74) is 2.06. The van der Waals surface area contributed by atoms with E-state index in [2.05, 4.69) is 15.5 Å².